The molecule has 1 fully saturated rings. The zero-order chi connectivity index (χ0) is 24.9. The molecule has 0 aliphatic carbocycles. The van der Waals surface area contributed by atoms with Crippen LogP contribution in [-0.2, 0) is 4.79 Å². The Bertz CT molecular complexity index is 1290. The highest BCUT2D eigenvalue weighted by Crippen LogP contribution is 2.39. The normalized spacial score (nSPS) is 17.0. The average Bonchev–Trinajstić information content (AvgIpc) is 2.90. The van der Waals surface area contributed by atoms with Crippen molar-refractivity contribution in [3.63, 3.8) is 0 Å². The standard InChI is InChI=1S/C28H27ClN4O2S/c29-22-7-4-8-23(19-22)33-15-13-32(14-16-33)12-11-30-27(34)21-9-10-25-24(18-21)31-28(35)26(36-25)17-20-5-2-1-3-6-20/h1-10,17-19H,11-16H2,(H,30,34)(H,31,35)/p+1. The van der Waals surface area contributed by atoms with Crippen LogP contribution >= 0.6 is 23.4 Å². The monoisotopic (exact) mass is 519 g/mol. The smallest absolute Gasteiger partial charge is 0.262 e. The number of hydrogen-bond acceptors (Lipinski definition) is 4. The lowest BCUT2D eigenvalue weighted by Crippen LogP contribution is -3.15. The van der Waals surface area contributed by atoms with Crippen LogP contribution in [0.1, 0.15) is 15.9 Å². The van der Waals surface area contributed by atoms with E-state index in [1.165, 1.54) is 16.7 Å². The fourth-order valence-electron chi connectivity index (χ4n) is 4.46. The van der Waals surface area contributed by atoms with E-state index in [2.05, 4.69) is 21.6 Å². The Labute approximate surface area is 220 Å². The molecule has 3 N–H and O–H groups in total. The fourth-order valence-corrected chi connectivity index (χ4v) is 5.58. The summed E-state index contributed by atoms with van der Waals surface area (Å²) in [7, 11) is 0. The maximum Gasteiger partial charge on any atom is 0.262 e. The molecular formula is C28H28ClN4O2S+. The van der Waals surface area contributed by atoms with Gasteiger partial charge in [0.25, 0.3) is 11.8 Å². The highest BCUT2D eigenvalue weighted by atomic mass is 35.5. The van der Waals surface area contributed by atoms with Crippen molar-refractivity contribution in [3.8, 4) is 0 Å². The third-order valence-electron chi connectivity index (χ3n) is 6.44. The number of hydrogen-bond donors (Lipinski definition) is 3. The lowest BCUT2D eigenvalue weighted by Gasteiger charge is -2.33. The first-order chi connectivity index (χ1) is 17.5. The molecule has 0 saturated carbocycles. The van der Waals surface area contributed by atoms with Crippen LogP contribution in [0.15, 0.2) is 82.6 Å². The van der Waals surface area contributed by atoms with Crippen molar-refractivity contribution in [1.29, 1.82) is 0 Å². The molecule has 184 valence electrons. The van der Waals surface area contributed by atoms with Crippen molar-refractivity contribution in [2.45, 2.75) is 4.90 Å². The Morgan fingerprint density at radius 2 is 1.86 bits per heavy atom. The van der Waals surface area contributed by atoms with E-state index in [4.69, 9.17) is 11.6 Å². The molecule has 0 atom stereocenters. The van der Waals surface area contributed by atoms with Crippen LogP contribution in [0, 0.1) is 0 Å². The third kappa shape index (κ3) is 5.93. The first-order valence-corrected chi connectivity index (χ1v) is 13.3. The Kier molecular flexibility index (Phi) is 7.60. The predicted octanol–water partition coefficient (Wildman–Crippen LogP) is 3.56. The molecular weight excluding hydrogens is 492 g/mol. The summed E-state index contributed by atoms with van der Waals surface area (Å²) >= 11 is 7.55. The maximum absolute atomic E-state index is 12.8. The summed E-state index contributed by atoms with van der Waals surface area (Å²) in [5.74, 6) is -0.283. The molecule has 8 heteroatoms. The van der Waals surface area contributed by atoms with E-state index in [9.17, 15) is 9.59 Å². The molecule has 2 aliphatic heterocycles. The van der Waals surface area contributed by atoms with Crippen LogP contribution in [0.3, 0.4) is 0 Å². The van der Waals surface area contributed by atoms with Crippen LogP contribution < -0.4 is 20.4 Å². The molecule has 0 bridgehead atoms. The van der Waals surface area contributed by atoms with Crippen LogP contribution in [0.25, 0.3) is 6.08 Å². The second-order valence-corrected chi connectivity index (χ2v) is 10.4. The zero-order valence-electron chi connectivity index (χ0n) is 19.8. The molecule has 5 rings (SSSR count). The van der Waals surface area contributed by atoms with Gasteiger partial charge in [-0.05, 0) is 48.0 Å². The number of nitrogens with zero attached hydrogens (tertiary/aromatic N) is 1. The van der Waals surface area contributed by atoms with E-state index in [1.807, 2.05) is 66.7 Å². The molecule has 2 aliphatic rings. The van der Waals surface area contributed by atoms with Gasteiger partial charge in [0.15, 0.2) is 0 Å². The minimum atomic E-state index is -0.158. The predicted molar refractivity (Wildman–Crippen MR) is 147 cm³/mol. The Balaban J connectivity index is 1.12. The van der Waals surface area contributed by atoms with E-state index < -0.39 is 0 Å². The van der Waals surface area contributed by atoms with Gasteiger partial charge in [0, 0.05) is 21.2 Å². The molecule has 2 amide bonds. The Morgan fingerprint density at radius 3 is 2.64 bits per heavy atom. The maximum atomic E-state index is 12.8. The largest absolute Gasteiger partial charge is 0.360 e. The van der Waals surface area contributed by atoms with Crippen molar-refractivity contribution in [3.05, 3.63) is 93.9 Å². The van der Waals surface area contributed by atoms with Crippen LogP contribution in [0.2, 0.25) is 5.02 Å². The van der Waals surface area contributed by atoms with Gasteiger partial charge in [0.1, 0.15) is 0 Å². The molecule has 3 aromatic carbocycles. The van der Waals surface area contributed by atoms with E-state index in [-0.39, 0.29) is 11.8 Å². The summed E-state index contributed by atoms with van der Waals surface area (Å²) in [5.41, 5.74) is 3.36. The first kappa shape index (κ1) is 24.4. The molecule has 1 saturated heterocycles. The van der Waals surface area contributed by atoms with E-state index in [1.54, 1.807) is 6.07 Å². The second kappa shape index (κ2) is 11.2. The number of quaternary nitrogens is 1. The van der Waals surface area contributed by atoms with Crippen molar-refractivity contribution in [1.82, 2.24) is 5.32 Å². The molecule has 0 unspecified atom stereocenters. The fraction of sp³-hybridized carbons (Fsp3) is 0.214. The number of piperazine rings is 1. The number of halogens is 1. The van der Waals surface area contributed by atoms with Crippen LogP contribution in [0.4, 0.5) is 11.4 Å². The lowest BCUT2D eigenvalue weighted by atomic mass is 10.1. The first-order valence-electron chi connectivity index (χ1n) is 12.1. The van der Waals surface area contributed by atoms with Gasteiger partial charge in [-0.15, -0.1) is 0 Å². The minimum Gasteiger partial charge on any atom is -0.360 e. The van der Waals surface area contributed by atoms with Gasteiger partial charge in [0.05, 0.1) is 49.9 Å². The summed E-state index contributed by atoms with van der Waals surface area (Å²) in [4.78, 5) is 30.7. The summed E-state index contributed by atoms with van der Waals surface area (Å²) in [6.07, 6.45) is 1.88. The topological polar surface area (TPSA) is 65.9 Å². The van der Waals surface area contributed by atoms with Gasteiger partial charge >= 0.3 is 0 Å². The minimum absolute atomic E-state index is 0.125. The SMILES string of the molecule is O=C1Nc2cc(C(=O)NCC[NH+]3CCN(c4cccc(Cl)c4)CC3)ccc2SC1=Cc1ccccc1. The van der Waals surface area contributed by atoms with Crippen LogP contribution in [-0.4, -0.2) is 51.1 Å². The summed E-state index contributed by atoms with van der Waals surface area (Å²) in [5, 5.41) is 6.72. The highest BCUT2D eigenvalue weighted by molar-refractivity contribution is 8.04. The van der Waals surface area contributed by atoms with Crippen molar-refractivity contribution in [2.75, 3.05) is 49.5 Å². The number of amides is 2. The number of anilines is 2. The third-order valence-corrected chi connectivity index (χ3v) is 7.77. The number of rotatable bonds is 6. The molecule has 0 spiro atoms. The Morgan fingerprint density at radius 1 is 1.06 bits per heavy atom. The summed E-state index contributed by atoms with van der Waals surface area (Å²) in [6, 6.07) is 23.2. The molecule has 0 aromatic heterocycles. The van der Waals surface area contributed by atoms with E-state index >= 15 is 0 Å². The van der Waals surface area contributed by atoms with Gasteiger partial charge in [-0.1, -0.05) is 59.8 Å². The van der Waals surface area contributed by atoms with Crippen molar-refractivity contribution < 1.29 is 14.5 Å². The van der Waals surface area contributed by atoms with Crippen LogP contribution in [0.5, 0.6) is 0 Å². The quantitative estimate of drug-likeness (QED) is 0.436. The number of fused-ring (bicyclic) bond motifs is 1. The molecule has 36 heavy (non-hydrogen) atoms. The number of carbonyl (C=O) groups is 2. The Hall–Kier alpha value is -3.26. The molecule has 6 nitrogen and oxygen atoms in total. The van der Waals surface area contributed by atoms with Gasteiger partial charge < -0.3 is 20.4 Å². The number of benzene rings is 3. The van der Waals surface area contributed by atoms with Gasteiger partial charge in [0.2, 0.25) is 0 Å². The van der Waals surface area contributed by atoms with Crippen molar-refractivity contribution in [2.24, 2.45) is 0 Å². The number of nitrogens with one attached hydrogen (secondary N) is 3. The van der Waals surface area contributed by atoms with Gasteiger partial charge in [-0.3, -0.25) is 9.59 Å². The summed E-state index contributed by atoms with van der Waals surface area (Å²) < 4.78 is 0. The highest BCUT2D eigenvalue weighted by Gasteiger charge is 2.23. The van der Waals surface area contributed by atoms with E-state index in [0.717, 1.165) is 53.9 Å². The average molecular weight is 520 g/mol. The van der Waals surface area contributed by atoms with E-state index in [0.29, 0.717) is 22.7 Å². The molecule has 3 aromatic rings. The number of thioether (sulfide) groups is 1. The zero-order valence-corrected chi connectivity index (χ0v) is 21.4. The summed E-state index contributed by atoms with van der Waals surface area (Å²) in [6.45, 7) is 5.44. The molecule has 0 radical (unpaired) electrons. The number of carbonyl (C=O) groups excluding carboxylic acids is 2. The van der Waals surface area contributed by atoms with Gasteiger partial charge in [-0.25, -0.2) is 0 Å². The molecule has 2 heterocycles. The lowest BCUT2D eigenvalue weighted by molar-refractivity contribution is -0.899. The van der Waals surface area contributed by atoms with Gasteiger partial charge in [-0.2, -0.15) is 0 Å². The van der Waals surface area contributed by atoms with Crippen molar-refractivity contribution >= 4 is 52.6 Å². The second-order valence-electron chi connectivity index (χ2n) is 8.91.